The number of carboxylic acid groups (broad SMARTS) is 1. The quantitative estimate of drug-likeness (QED) is 0.805. The largest absolute Gasteiger partial charge is 0.480 e. The van der Waals surface area contributed by atoms with Gasteiger partial charge in [0.2, 0.25) is 0 Å². The highest BCUT2D eigenvalue weighted by Gasteiger charge is 2.37. The van der Waals surface area contributed by atoms with Gasteiger partial charge in [0, 0.05) is 6.04 Å². The monoisotopic (exact) mass is 247 g/mol. The van der Waals surface area contributed by atoms with E-state index in [1.807, 2.05) is 30.3 Å². The molecule has 1 aromatic rings. The summed E-state index contributed by atoms with van der Waals surface area (Å²) in [6, 6.07) is 9.57. The van der Waals surface area contributed by atoms with Crippen LogP contribution in [0.2, 0.25) is 0 Å². The van der Waals surface area contributed by atoms with E-state index in [9.17, 15) is 9.90 Å². The topological polar surface area (TPSA) is 40.5 Å². The number of unbranched alkanes of at least 4 members (excludes halogenated alkanes) is 1. The molecule has 18 heavy (non-hydrogen) atoms. The average Bonchev–Trinajstić information content (AvgIpc) is 3.19. The van der Waals surface area contributed by atoms with E-state index in [2.05, 4.69) is 11.8 Å². The third-order valence-electron chi connectivity index (χ3n) is 3.47. The Bertz CT molecular complexity index is 387. The Morgan fingerprint density at radius 2 is 2.06 bits per heavy atom. The van der Waals surface area contributed by atoms with Crippen LogP contribution in [0.5, 0.6) is 0 Å². The van der Waals surface area contributed by atoms with Crippen molar-refractivity contribution in [2.75, 3.05) is 6.54 Å². The van der Waals surface area contributed by atoms with Crippen molar-refractivity contribution < 1.29 is 9.90 Å². The summed E-state index contributed by atoms with van der Waals surface area (Å²) in [5.41, 5.74) is 0.896. The van der Waals surface area contributed by atoms with Gasteiger partial charge in [0.15, 0.2) is 0 Å². The lowest BCUT2D eigenvalue weighted by Gasteiger charge is -2.29. The fraction of sp³-hybridized carbons (Fsp3) is 0.533. The molecule has 1 unspecified atom stereocenters. The maximum atomic E-state index is 11.6. The number of hydrogen-bond acceptors (Lipinski definition) is 2. The van der Waals surface area contributed by atoms with E-state index in [4.69, 9.17) is 0 Å². The summed E-state index contributed by atoms with van der Waals surface area (Å²) in [5.74, 6) is -0.732. The van der Waals surface area contributed by atoms with Crippen molar-refractivity contribution in [2.24, 2.45) is 0 Å². The van der Waals surface area contributed by atoms with Crippen LogP contribution in [0.25, 0.3) is 0 Å². The highest BCUT2D eigenvalue weighted by atomic mass is 16.4. The number of nitrogens with zero attached hydrogens (tertiary/aromatic N) is 1. The van der Waals surface area contributed by atoms with E-state index in [0.29, 0.717) is 6.04 Å². The third-order valence-corrected chi connectivity index (χ3v) is 3.47. The molecule has 0 spiro atoms. The van der Waals surface area contributed by atoms with Gasteiger partial charge in [-0.2, -0.15) is 0 Å². The van der Waals surface area contributed by atoms with Crippen LogP contribution < -0.4 is 0 Å². The lowest BCUT2D eigenvalue weighted by molar-refractivity contribution is -0.144. The van der Waals surface area contributed by atoms with Crippen molar-refractivity contribution >= 4 is 5.97 Å². The molecule has 3 nitrogen and oxygen atoms in total. The summed E-state index contributed by atoms with van der Waals surface area (Å²) >= 11 is 0. The molecule has 0 bridgehead atoms. The van der Waals surface area contributed by atoms with E-state index < -0.39 is 12.0 Å². The number of rotatable bonds is 7. The highest BCUT2D eigenvalue weighted by Crippen LogP contribution is 2.34. The summed E-state index contributed by atoms with van der Waals surface area (Å²) in [6.45, 7) is 3.02. The molecular weight excluding hydrogens is 226 g/mol. The molecule has 0 amide bonds. The first-order valence-corrected chi connectivity index (χ1v) is 6.77. The van der Waals surface area contributed by atoms with E-state index in [1.165, 1.54) is 0 Å². The lowest BCUT2D eigenvalue weighted by atomic mass is 10.0. The maximum absolute atomic E-state index is 11.6. The molecule has 1 atom stereocenters. The normalized spacial score (nSPS) is 16.8. The van der Waals surface area contributed by atoms with Gasteiger partial charge in [0.25, 0.3) is 0 Å². The van der Waals surface area contributed by atoms with Crippen molar-refractivity contribution in [1.82, 2.24) is 4.90 Å². The standard InChI is InChI=1S/C15H21NO2/c1-2-3-11-16(13-9-10-13)14(15(17)18)12-7-5-4-6-8-12/h4-8,13-14H,2-3,9-11H2,1H3,(H,17,18). The molecule has 0 aromatic heterocycles. The Morgan fingerprint density at radius 1 is 1.39 bits per heavy atom. The van der Waals surface area contributed by atoms with Gasteiger partial charge >= 0.3 is 5.97 Å². The zero-order valence-electron chi connectivity index (χ0n) is 10.9. The number of carbonyl (C=O) groups is 1. The van der Waals surface area contributed by atoms with Crippen molar-refractivity contribution in [3.05, 3.63) is 35.9 Å². The first kappa shape index (κ1) is 13.1. The van der Waals surface area contributed by atoms with Gasteiger partial charge in [0.05, 0.1) is 0 Å². The molecule has 2 rings (SSSR count). The van der Waals surface area contributed by atoms with Crippen LogP contribution in [0.15, 0.2) is 30.3 Å². The van der Waals surface area contributed by atoms with Crippen LogP contribution in [-0.2, 0) is 4.79 Å². The molecule has 0 radical (unpaired) electrons. The lowest BCUT2D eigenvalue weighted by Crippen LogP contribution is -2.36. The van der Waals surface area contributed by atoms with E-state index in [0.717, 1.165) is 37.8 Å². The molecule has 1 aliphatic rings. The molecule has 0 aliphatic heterocycles. The SMILES string of the molecule is CCCCN(C1CC1)C(C(=O)O)c1ccccc1. The van der Waals surface area contributed by atoms with Crippen LogP contribution in [0.1, 0.15) is 44.2 Å². The van der Waals surface area contributed by atoms with E-state index >= 15 is 0 Å². The zero-order chi connectivity index (χ0) is 13.0. The molecule has 1 saturated carbocycles. The first-order chi connectivity index (χ1) is 8.74. The van der Waals surface area contributed by atoms with Crippen LogP contribution >= 0.6 is 0 Å². The summed E-state index contributed by atoms with van der Waals surface area (Å²) in [6.07, 6.45) is 4.44. The first-order valence-electron chi connectivity index (χ1n) is 6.77. The second-order valence-electron chi connectivity index (χ2n) is 4.97. The molecular formula is C15H21NO2. The highest BCUT2D eigenvalue weighted by molar-refractivity contribution is 5.75. The Morgan fingerprint density at radius 3 is 2.56 bits per heavy atom. The number of aliphatic carboxylic acids is 1. The summed E-state index contributed by atoms with van der Waals surface area (Å²) in [7, 11) is 0. The third kappa shape index (κ3) is 3.10. The molecule has 1 aromatic carbocycles. The minimum atomic E-state index is -0.732. The number of carboxylic acids is 1. The van der Waals surface area contributed by atoms with Crippen molar-refractivity contribution in [3.8, 4) is 0 Å². The Labute approximate surface area is 108 Å². The summed E-state index contributed by atoms with van der Waals surface area (Å²) in [4.78, 5) is 13.8. The number of hydrogen-bond donors (Lipinski definition) is 1. The van der Waals surface area contributed by atoms with Crippen molar-refractivity contribution in [1.29, 1.82) is 0 Å². The number of benzene rings is 1. The Kier molecular flexibility index (Phi) is 4.37. The zero-order valence-corrected chi connectivity index (χ0v) is 10.9. The fourth-order valence-corrected chi connectivity index (χ4v) is 2.38. The Balaban J connectivity index is 2.19. The van der Waals surface area contributed by atoms with Crippen LogP contribution in [0.3, 0.4) is 0 Å². The minimum absolute atomic E-state index is 0.470. The summed E-state index contributed by atoms with van der Waals surface area (Å²) < 4.78 is 0. The van der Waals surface area contributed by atoms with Crippen LogP contribution in [0, 0.1) is 0 Å². The second-order valence-corrected chi connectivity index (χ2v) is 4.97. The van der Waals surface area contributed by atoms with Crippen LogP contribution in [-0.4, -0.2) is 28.6 Å². The predicted molar refractivity (Wildman–Crippen MR) is 71.5 cm³/mol. The van der Waals surface area contributed by atoms with Gasteiger partial charge in [0.1, 0.15) is 6.04 Å². The van der Waals surface area contributed by atoms with Gasteiger partial charge in [-0.25, -0.2) is 0 Å². The molecule has 1 N–H and O–H groups in total. The second kappa shape index (κ2) is 6.01. The summed E-state index contributed by atoms with van der Waals surface area (Å²) in [5, 5.41) is 9.53. The molecule has 0 heterocycles. The molecule has 1 fully saturated rings. The van der Waals surface area contributed by atoms with E-state index in [-0.39, 0.29) is 0 Å². The maximum Gasteiger partial charge on any atom is 0.325 e. The van der Waals surface area contributed by atoms with Gasteiger partial charge in [-0.05, 0) is 31.4 Å². The Hall–Kier alpha value is -1.35. The minimum Gasteiger partial charge on any atom is -0.480 e. The van der Waals surface area contributed by atoms with Gasteiger partial charge < -0.3 is 5.11 Å². The van der Waals surface area contributed by atoms with Crippen LogP contribution in [0.4, 0.5) is 0 Å². The van der Waals surface area contributed by atoms with E-state index in [1.54, 1.807) is 0 Å². The predicted octanol–water partition coefficient (Wildman–Crippen LogP) is 3.08. The molecule has 1 aliphatic carbocycles. The molecule has 98 valence electrons. The molecule has 0 saturated heterocycles. The van der Waals surface area contributed by atoms with Gasteiger partial charge in [-0.1, -0.05) is 43.7 Å². The van der Waals surface area contributed by atoms with Crippen molar-refractivity contribution in [3.63, 3.8) is 0 Å². The fourth-order valence-electron chi connectivity index (χ4n) is 2.38. The van der Waals surface area contributed by atoms with Gasteiger partial charge in [-0.3, -0.25) is 9.69 Å². The average molecular weight is 247 g/mol. The smallest absolute Gasteiger partial charge is 0.325 e. The molecule has 3 heteroatoms. The van der Waals surface area contributed by atoms with Gasteiger partial charge in [-0.15, -0.1) is 0 Å². The van der Waals surface area contributed by atoms with Crippen molar-refractivity contribution in [2.45, 2.75) is 44.7 Å².